The summed E-state index contributed by atoms with van der Waals surface area (Å²) in [5, 5.41) is 7.20. The Kier molecular flexibility index (Phi) is 9.03. The number of ether oxygens (including phenoxy) is 3. The van der Waals surface area contributed by atoms with E-state index in [2.05, 4.69) is 20.5 Å². The van der Waals surface area contributed by atoms with Gasteiger partial charge in [0.25, 0.3) is 0 Å². The maximum atomic E-state index is 6.27. The van der Waals surface area contributed by atoms with Gasteiger partial charge in [-0.1, -0.05) is 11.6 Å². The molecule has 0 unspecified atom stereocenters. The van der Waals surface area contributed by atoms with Crippen LogP contribution in [0.4, 0.5) is 0 Å². The zero-order valence-electron chi connectivity index (χ0n) is 14.9. The van der Waals surface area contributed by atoms with E-state index < -0.39 is 0 Å². The van der Waals surface area contributed by atoms with Crippen molar-refractivity contribution in [3.63, 3.8) is 0 Å². The van der Waals surface area contributed by atoms with E-state index in [0.29, 0.717) is 36.3 Å². The number of halogens is 2. The highest BCUT2D eigenvalue weighted by molar-refractivity contribution is 14.0. The largest absolute Gasteiger partial charge is 0.486 e. The zero-order chi connectivity index (χ0) is 17.5. The van der Waals surface area contributed by atoms with E-state index in [1.54, 1.807) is 7.05 Å². The molecule has 0 saturated carbocycles. The first kappa shape index (κ1) is 21.3. The first-order valence-corrected chi connectivity index (χ1v) is 8.96. The predicted octanol–water partition coefficient (Wildman–Crippen LogP) is 1.73. The molecule has 146 valence electrons. The Bertz CT molecular complexity index is 612. The van der Waals surface area contributed by atoms with E-state index in [1.165, 1.54) is 0 Å². The summed E-state index contributed by atoms with van der Waals surface area (Å²) >= 11 is 6.27. The number of hydrogen-bond donors (Lipinski definition) is 2. The number of nitrogens with one attached hydrogen (secondary N) is 2. The minimum absolute atomic E-state index is 0. The van der Waals surface area contributed by atoms with Crippen molar-refractivity contribution in [2.75, 3.05) is 59.7 Å². The van der Waals surface area contributed by atoms with Gasteiger partial charge in [0.15, 0.2) is 17.5 Å². The van der Waals surface area contributed by atoms with Crippen LogP contribution >= 0.6 is 35.6 Å². The fourth-order valence-corrected chi connectivity index (χ4v) is 3.12. The zero-order valence-corrected chi connectivity index (χ0v) is 18.0. The SMILES string of the molecule is CN=C(NCCN1CCOCC1)NCc1cc(Cl)c2c(c1)OCCO2.I. The topological polar surface area (TPSA) is 67.4 Å². The first-order chi connectivity index (χ1) is 12.3. The summed E-state index contributed by atoms with van der Waals surface area (Å²) in [7, 11) is 1.76. The van der Waals surface area contributed by atoms with Crippen molar-refractivity contribution < 1.29 is 14.2 Å². The Balaban J connectivity index is 0.00000243. The molecule has 0 radical (unpaired) electrons. The highest BCUT2D eigenvalue weighted by Gasteiger charge is 2.16. The molecule has 3 rings (SSSR count). The quantitative estimate of drug-likeness (QED) is 0.368. The van der Waals surface area contributed by atoms with Crippen LogP contribution < -0.4 is 20.1 Å². The molecule has 0 aromatic heterocycles. The number of benzene rings is 1. The molecular formula is C17H26ClIN4O3. The fraction of sp³-hybridized carbons (Fsp3) is 0.588. The molecule has 2 aliphatic heterocycles. The minimum atomic E-state index is 0. The number of hydrogen-bond acceptors (Lipinski definition) is 5. The molecular weight excluding hydrogens is 471 g/mol. The Morgan fingerprint density at radius 2 is 1.92 bits per heavy atom. The van der Waals surface area contributed by atoms with Crippen molar-refractivity contribution in [3.05, 3.63) is 22.7 Å². The van der Waals surface area contributed by atoms with Gasteiger partial charge in [-0.3, -0.25) is 9.89 Å². The lowest BCUT2D eigenvalue weighted by molar-refractivity contribution is 0.0389. The van der Waals surface area contributed by atoms with Gasteiger partial charge in [0.2, 0.25) is 0 Å². The van der Waals surface area contributed by atoms with Gasteiger partial charge in [-0.15, -0.1) is 24.0 Å². The van der Waals surface area contributed by atoms with Gasteiger partial charge in [0, 0.05) is 39.8 Å². The van der Waals surface area contributed by atoms with Gasteiger partial charge in [0.1, 0.15) is 13.2 Å². The molecule has 1 aromatic carbocycles. The molecule has 0 spiro atoms. The lowest BCUT2D eigenvalue weighted by atomic mass is 10.2. The van der Waals surface area contributed by atoms with Crippen molar-refractivity contribution in [2.45, 2.75) is 6.54 Å². The van der Waals surface area contributed by atoms with Crippen LogP contribution in [0.25, 0.3) is 0 Å². The number of nitrogens with zero attached hydrogens (tertiary/aromatic N) is 2. The second kappa shape index (κ2) is 11.0. The third kappa shape index (κ3) is 6.04. The highest BCUT2D eigenvalue weighted by Crippen LogP contribution is 2.38. The Morgan fingerprint density at radius 1 is 1.15 bits per heavy atom. The van der Waals surface area contributed by atoms with Crippen molar-refractivity contribution >= 4 is 41.5 Å². The lowest BCUT2D eigenvalue weighted by Gasteiger charge is -2.26. The molecule has 0 bridgehead atoms. The van der Waals surface area contributed by atoms with Crippen LogP contribution in [0.3, 0.4) is 0 Å². The molecule has 1 saturated heterocycles. The highest BCUT2D eigenvalue weighted by atomic mass is 127. The Hall–Kier alpha value is -0.970. The van der Waals surface area contributed by atoms with Crippen LogP contribution in [0.2, 0.25) is 5.02 Å². The van der Waals surface area contributed by atoms with Crippen LogP contribution in [0.5, 0.6) is 11.5 Å². The summed E-state index contributed by atoms with van der Waals surface area (Å²) in [6, 6.07) is 3.84. The van der Waals surface area contributed by atoms with Crippen molar-refractivity contribution in [3.8, 4) is 11.5 Å². The fourth-order valence-electron chi connectivity index (χ4n) is 2.83. The molecule has 0 amide bonds. The Morgan fingerprint density at radius 3 is 2.69 bits per heavy atom. The number of morpholine rings is 1. The van der Waals surface area contributed by atoms with E-state index >= 15 is 0 Å². The molecule has 0 atom stereocenters. The molecule has 7 nitrogen and oxygen atoms in total. The molecule has 1 fully saturated rings. The summed E-state index contributed by atoms with van der Waals surface area (Å²) in [5.41, 5.74) is 1.02. The summed E-state index contributed by atoms with van der Waals surface area (Å²) in [6.45, 7) is 7.10. The smallest absolute Gasteiger partial charge is 0.191 e. The normalized spacial score (nSPS) is 17.4. The van der Waals surface area contributed by atoms with Crippen molar-refractivity contribution in [2.24, 2.45) is 4.99 Å². The van der Waals surface area contributed by atoms with Gasteiger partial charge < -0.3 is 24.8 Å². The van der Waals surface area contributed by atoms with Gasteiger partial charge in [0.05, 0.1) is 18.2 Å². The monoisotopic (exact) mass is 496 g/mol. The first-order valence-electron chi connectivity index (χ1n) is 8.59. The van der Waals surface area contributed by atoms with Gasteiger partial charge in [-0.2, -0.15) is 0 Å². The number of fused-ring (bicyclic) bond motifs is 1. The molecule has 9 heteroatoms. The van der Waals surface area contributed by atoms with Crippen molar-refractivity contribution in [1.82, 2.24) is 15.5 Å². The number of rotatable bonds is 5. The maximum Gasteiger partial charge on any atom is 0.191 e. The second-order valence-corrected chi connectivity index (χ2v) is 6.32. The summed E-state index contributed by atoms with van der Waals surface area (Å²) in [6.07, 6.45) is 0. The lowest BCUT2D eigenvalue weighted by Crippen LogP contribution is -2.44. The van der Waals surface area contributed by atoms with Crippen LogP contribution in [-0.4, -0.2) is 70.5 Å². The second-order valence-electron chi connectivity index (χ2n) is 5.91. The molecule has 1 aromatic rings. The van der Waals surface area contributed by atoms with E-state index in [0.717, 1.165) is 50.9 Å². The standard InChI is InChI=1S/C17H25ClN4O3.HI/c1-19-17(20-2-3-22-4-6-23-7-5-22)21-12-13-10-14(18)16-15(11-13)24-8-9-25-16;/h10-11H,2-9,12H2,1H3,(H2,19,20,21);1H. The third-order valence-corrected chi connectivity index (χ3v) is 4.45. The maximum absolute atomic E-state index is 6.27. The van der Waals surface area contributed by atoms with E-state index in [1.807, 2.05) is 12.1 Å². The minimum Gasteiger partial charge on any atom is -0.486 e. The summed E-state index contributed by atoms with van der Waals surface area (Å²) < 4.78 is 16.5. The summed E-state index contributed by atoms with van der Waals surface area (Å²) in [4.78, 5) is 6.64. The predicted molar refractivity (Wildman–Crippen MR) is 113 cm³/mol. The molecule has 0 aliphatic carbocycles. The molecule has 2 heterocycles. The van der Waals surface area contributed by atoms with Gasteiger partial charge in [-0.05, 0) is 17.7 Å². The van der Waals surface area contributed by atoms with Crippen LogP contribution in [-0.2, 0) is 11.3 Å². The summed E-state index contributed by atoms with van der Waals surface area (Å²) in [5.74, 6) is 2.09. The van der Waals surface area contributed by atoms with Crippen molar-refractivity contribution in [1.29, 1.82) is 0 Å². The Labute approximate surface area is 176 Å². The molecule has 26 heavy (non-hydrogen) atoms. The number of aliphatic imine (C=N–C) groups is 1. The van der Waals surface area contributed by atoms with E-state index in [-0.39, 0.29) is 24.0 Å². The van der Waals surface area contributed by atoms with E-state index in [4.69, 9.17) is 25.8 Å². The van der Waals surface area contributed by atoms with Crippen LogP contribution in [0.1, 0.15) is 5.56 Å². The average Bonchev–Trinajstić information content (AvgIpc) is 2.65. The molecule has 2 N–H and O–H groups in total. The van der Waals surface area contributed by atoms with Gasteiger partial charge >= 0.3 is 0 Å². The average molecular weight is 497 g/mol. The third-order valence-electron chi connectivity index (χ3n) is 4.16. The molecule has 2 aliphatic rings. The van der Waals surface area contributed by atoms with Gasteiger partial charge in [-0.25, -0.2) is 0 Å². The van der Waals surface area contributed by atoms with Crippen LogP contribution in [0, 0.1) is 0 Å². The van der Waals surface area contributed by atoms with Crippen LogP contribution in [0.15, 0.2) is 17.1 Å². The van der Waals surface area contributed by atoms with E-state index in [9.17, 15) is 0 Å². The number of guanidine groups is 1.